The van der Waals surface area contributed by atoms with Gasteiger partial charge < -0.3 is 4.90 Å². The van der Waals surface area contributed by atoms with Crippen molar-refractivity contribution in [1.82, 2.24) is 30.1 Å². The molecule has 1 aliphatic heterocycles. The molecule has 0 saturated carbocycles. The molecule has 0 unspecified atom stereocenters. The van der Waals surface area contributed by atoms with Gasteiger partial charge in [0.15, 0.2) is 0 Å². The summed E-state index contributed by atoms with van der Waals surface area (Å²) in [6.45, 7) is 1.43. The summed E-state index contributed by atoms with van der Waals surface area (Å²) in [6.07, 6.45) is -1.39. The van der Waals surface area contributed by atoms with Gasteiger partial charge in [-0.1, -0.05) is 17.3 Å². The van der Waals surface area contributed by atoms with Crippen LogP contribution in [-0.4, -0.2) is 55.9 Å². The van der Waals surface area contributed by atoms with Gasteiger partial charge in [-0.05, 0) is 67.7 Å². The summed E-state index contributed by atoms with van der Waals surface area (Å²) in [7, 11) is 0. The van der Waals surface area contributed by atoms with E-state index in [0.29, 0.717) is 35.9 Å². The maximum atomic E-state index is 13.4. The van der Waals surface area contributed by atoms with Crippen LogP contribution < -0.4 is 0 Å². The van der Waals surface area contributed by atoms with Crippen LogP contribution in [0.15, 0.2) is 48.7 Å². The number of H-pyrrole nitrogens is 1. The van der Waals surface area contributed by atoms with Crippen molar-refractivity contribution >= 4 is 10.9 Å². The first-order valence-corrected chi connectivity index (χ1v) is 10.8. The Labute approximate surface area is 187 Å². The van der Waals surface area contributed by atoms with Crippen molar-refractivity contribution < 1.29 is 17.6 Å². The highest BCUT2D eigenvalue weighted by atomic mass is 19.4. The first-order valence-electron chi connectivity index (χ1n) is 10.8. The van der Waals surface area contributed by atoms with Crippen molar-refractivity contribution in [2.24, 2.45) is 0 Å². The van der Waals surface area contributed by atoms with Crippen LogP contribution in [0, 0.1) is 5.82 Å². The van der Waals surface area contributed by atoms with Crippen molar-refractivity contribution in [3.05, 3.63) is 60.0 Å². The van der Waals surface area contributed by atoms with Gasteiger partial charge >= 0.3 is 6.18 Å². The summed E-state index contributed by atoms with van der Waals surface area (Å²) >= 11 is 0. The van der Waals surface area contributed by atoms with Crippen LogP contribution >= 0.6 is 0 Å². The third-order valence-corrected chi connectivity index (χ3v) is 6.19. The second kappa shape index (κ2) is 8.58. The molecule has 0 radical (unpaired) electrons. The minimum atomic E-state index is -4.10. The highest BCUT2D eigenvalue weighted by Gasteiger charge is 2.29. The lowest BCUT2D eigenvalue weighted by atomic mass is 9.89. The molecule has 33 heavy (non-hydrogen) atoms. The predicted octanol–water partition coefficient (Wildman–Crippen LogP) is 5.08. The molecule has 6 nitrogen and oxygen atoms in total. The van der Waals surface area contributed by atoms with Gasteiger partial charge in [0.05, 0.1) is 23.8 Å². The first-order chi connectivity index (χ1) is 15.9. The average Bonchev–Trinajstić information content (AvgIpc) is 3.44. The van der Waals surface area contributed by atoms with Crippen LogP contribution in [0.1, 0.15) is 30.7 Å². The fourth-order valence-electron chi connectivity index (χ4n) is 4.36. The second-order valence-corrected chi connectivity index (χ2v) is 8.38. The Bertz CT molecular complexity index is 1240. The normalized spacial score (nSPS) is 16.0. The zero-order chi connectivity index (χ0) is 23.0. The molecule has 172 valence electrons. The van der Waals surface area contributed by atoms with E-state index in [4.69, 9.17) is 0 Å². The topological polar surface area (TPSA) is 62.6 Å². The lowest BCUT2D eigenvalue weighted by Gasteiger charge is -2.32. The van der Waals surface area contributed by atoms with E-state index in [9.17, 15) is 17.6 Å². The lowest BCUT2D eigenvalue weighted by molar-refractivity contribution is -0.138. The Morgan fingerprint density at radius 1 is 1.03 bits per heavy atom. The van der Waals surface area contributed by atoms with Crippen molar-refractivity contribution in [2.45, 2.75) is 31.4 Å². The highest BCUT2D eigenvalue weighted by molar-refractivity contribution is 5.91. The zero-order valence-corrected chi connectivity index (χ0v) is 17.7. The molecule has 1 fully saturated rings. The fraction of sp³-hybridized carbons (Fsp3) is 0.348. The van der Waals surface area contributed by atoms with Crippen molar-refractivity contribution in [3.63, 3.8) is 0 Å². The highest BCUT2D eigenvalue weighted by Crippen LogP contribution is 2.30. The molecule has 0 amide bonds. The molecular weight excluding hydrogens is 436 g/mol. The quantitative estimate of drug-likeness (QED) is 0.424. The first kappa shape index (κ1) is 21.6. The molecule has 0 atom stereocenters. The minimum Gasteiger partial charge on any atom is -0.303 e. The Hall–Kier alpha value is -3.27. The fourth-order valence-corrected chi connectivity index (χ4v) is 4.36. The van der Waals surface area contributed by atoms with Gasteiger partial charge in [-0.15, -0.1) is 5.10 Å². The van der Waals surface area contributed by atoms with E-state index < -0.39 is 12.6 Å². The number of piperidine rings is 1. The molecule has 5 rings (SSSR count). The largest absolute Gasteiger partial charge is 0.390 e. The zero-order valence-electron chi connectivity index (χ0n) is 17.7. The SMILES string of the molecule is Fc1ccc2c(-c3cn(-c4ccc(C5CCN(CCC(F)(F)F)CC5)cc4)nn3)n[nH]c2c1. The third-order valence-electron chi connectivity index (χ3n) is 6.19. The van der Waals surface area contributed by atoms with Crippen LogP contribution in [0.5, 0.6) is 0 Å². The van der Waals surface area contributed by atoms with Crippen LogP contribution in [0.2, 0.25) is 0 Å². The summed E-state index contributed by atoms with van der Waals surface area (Å²) in [5.74, 6) is -0.00302. The Kier molecular flexibility index (Phi) is 5.61. The molecule has 1 aliphatic rings. The molecule has 1 saturated heterocycles. The number of fused-ring (bicyclic) bond motifs is 1. The summed E-state index contributed by atoms with van der Waals surface area (Å²) in [6, 6.07) is 12.4. The number of nitrogens with zero attached hydrogens (tertiary/aromatic N) is 5. The third kappa shape index (κ3) is 4.75. The van der Waals surface area contributed by atoms with Crippen LogP contribution in [0.25, 0.3) is 28.0 Å². The summed E-state index contributed by atoms with van der Waals surface area (Å²) < 4.78 is 52.4. The van der Waals surface area contributed by atoms with Gasteiger partial charge in [0.25, 0.3) is 0 Å². The summed E-state index contributed by atoms with van der Waals surface area (Å²) in [5, 5.41) is 16.2. The number of aromatic amines is 1. The molecular formula is C23H22F4N6. The second-order valence-electron chi connectivity index (χ2n) is 8.38. The number of rotatable bonds is 5. The molecule has 2 aromatic heterocycles. The predicted molar refractivity (Wildman–Crippen MR) is 115 cm³/mol. The van der Waals surface area contributed by atoms with E-state index in [-0.39, 0.29) is 12.4 Å². The van der Waals surface area contributed by atoms with Gasteiger partial charge in [0.1, 0.15) is 17.2 Å². The van der Waals surface area contributed by atoms with E-state index in [2.05, 4.69) is 20.5 Å². The van der Waals surface area contributed by atoms with E-state index in [1.165, 1.54) is 17.7 Å². The Balaban J connectivity index is 1.25. The van der Waals surface area contributed by atoms with Gasteiger partial charge in [-0.3, -0.25) is 5.10 Å². The molecule has 10 heteroatoms. The van der Waals surface area contributed by atoms with Crippen LogP contribution in [0.4, 0.5) is 17.6 Å². The van der Waals surface area contributed by atoms with Gasteiger partial charge in [0, 0.05) is 11.9 Å². The molecule has 4 aromatic rings. The van der Waals surface area contributed by atoms with Crippen molar-refractivity contribution in [3.8, 4) is 17.1 Å². The Morgan fingerprint density at radius 2 is 1.79 bits per heavy atom. The van der Waals surface area contributed by atoms with E-state index in [1.54, 1.807) is 16.9 Å². The summed E-state index contributed by atoms with van der Waals surface area (Å²) in [4.78, 5) is 1.89. The average molecular weight is 458 g/mol. The Morgan fingerprint density at radius 3 is 2.52 bits per heavy atom. The molecule has 0 spiro atoms. The number of halogens is 4. The number of benzene rings is 2. The van der Waals surface area contributed by atoms with Gasteiger partial charge in [0.2, 0.25) is 0 Å². The molecule has 1 N–H and O–H groups in total. The minimum absolute atomic E-state index is 0.0734. The lowest BCUT2D eigenvalue weighted by Crippen LogP contribution is -2.35. The number of alkyl halides is 3. The maximum absolute atomic E-state index is 13.4. The molecule has 2 aromatic carbocycles. The van der Waals surface area contributed by atoms with Gasteiger partial charge in [-0.2, -0.15) is 18.3 Å². The smallest absolute Gasteiger partial charge is 0.303 e. The van der Waals surface area contributed by atoms with E-state index in [0.717, 1.165) is 23.9 Å². The molecule has 0 bridgehead atoms. The number of hydrogen-bond donors (Lipinski definition) is 1. The van der Waals surface area contributed by atoms with Crippen molar-refractivity contribution in [2.75, 3.05) is 19.6 Å². The van der Waals surface area contributed by atoms with E-state index >= 15 is 0 Å². The van der Waals surface area contributed by atoms with E-state index in [1.807, 2.05) is 29.2 Å². The number of hydrogen-bond acceptors (Lipinski definition) is 4. The number of likely N-dealkylation sites (tertiary alicyclic amines) is 1. The van der Waals surface area contributed by atoms with Gasteiger partial charge in [-0.25, -0.2) is 9.07 Å². The summed E-state index contributed by atoms with van der Waals surface area (Å²) in [5.41, 5.74) is 3.78. The van der Waals surface area contributed by atoms with Crippen molar-refractivity contribution in [1.29, 1.82) is 0 Å². The standard InChI is InChI=1S/C23H22F4N6/c24-17-3-6-19-20(13-17)28-30-22(19)21-14-33(31-29-21)18-4-1-15(2-5-18)16-7-10-32(11-8-16)12-9-23(25,26)27/h1-6,13-14,16H,7-12H2,(H,28,30). The molecule has 0 aliphatic carbocycles. The number of aromatic nitrogens is 5. The van der Waals surface area contributed by atoms with Crippen LogP contribution in [0.3, 0.4) is 0 Å². The monoisotopic (exact) mass is 458 g/mol. The number of nitrogens with one attached hydrogen (secondary N) is 1. The molecule has 3 heterocycles. The van der Waals surface area contributed by atoms with Crippen LogP contribution in [-0.2, 0) is 0 Å². The maximum Gasteiger partial charge on any atom is 0.390 e.